The Morgan fingerprint density at radius 2 is 1.90 bits per heavy atom. The summed E-state index contributed by atoms with van der Waals surface area (Å²) >= 11 is 6.34. The molecule has 0 aliphatic carbocycles. The van der Waals surface area contributed by atoms with E-state index in [2.05, 4.69) is 5.43 Å². The van der Waals surface area contributed by atoms with Crippen LogP contribution in [-0.4, -0.2) is 38.3 Å². The number of benzene rings is 2. The Morgan fingerprint density at radius 3 is 2.52 bits per heavy atom. The largest absolute Gasteiger partial charge is 0.479 e. The Bertz CT molecular complexity index is 1070. The summed E-state index contributed by atoms with van der Waals surface area (Å²) in [5, 5.41) is 10.2. The van der Waals surface area contributed by atoms with Gasteiger partial charge in [-0.25, -0.2) is 4.79 Å². The number of hydrogen-bond acceptors (Lipinski definition) is 6. The summed E-state index contributed by atoms with van der Waals surface area (Å²) in [6, 6.07) is 13.8. The van der Waals surface area contributed by atoms with E-state index in [9.17, 15) is 14.4 Å². The molecular formula is C22H20N2O5S2. The fraction of sp³-hybridized carbons (Fsp3) is 0.182. The van der Waals surface area contributed by atoms with E-state index < -0.39 is 23.9 Å². The minimum atomic E-state index is -1.03. The van der Waals surface area contributed by atoms with Gasteiger partial charge in [0.1, 0.15) is 5.75 Å². The van der Waals surface area contributed by atoms with Crippen LogP contribution in [0.4, 0.5) is 0 Å². The van der Waals surface area contributed by atoms with Crippen molar-refractivity contribution < 1.29 is 24.2 Å². The van der Waals surface area contributed by atoms with Crippen molar-refractivity contribution in [3.05, 3.63) is 70.1 Å². The van der Waals surface area contributed by atoms with Gasteiger partial charge in [-0.3, -0.25) is 15.0 Å². The fourth-order valence-corrected chi connectivity index (χ4v) is 4.00. The highest BCUT2D eigenvalue weighted by Crippen LogP contribution is 2.32. The molecule has 9 heteroatoms. The zero-order valence-electron chi connectivity index (χ0n) is 16.8. The summed E-state index contributed by atoms with van der Waals surface area (Å²) in [6.45, 7) is 3.54. The molecule has 7 nitrogen and oxygen atoms in total. The second kappa shape index (κ2) is 9.76. The van der Waals surface area contributed by atoms with Crippen molar-refractivity contribution in [1.82, 2.24) is 10.4 Å². The number of aliphatic carboxylic acids is 1. The van der Waals surface area contributed by atoms with Gasteiger partial charge in [-0.15, -0.1) is 0 Å². The topological polar surface area (TPSA) is 95.9 Å². The first-order valence-electron chi connectivity index (χ1n) is 9.44. The fourth-order valence-electron chi connectivity index (χ4n) is 2.82. The van der Waals surface area contributed by atoms with Crippen molar-refractivity contribution in [1.29, 1.82) is 0 Å². The molecule has 2 amide bonds. The van der Waals surface area contributed by atoms with Crippen molar-refractivity contribution in [3.63, 3.8) is 0 Å². The van der Waals surface area contributed by atoms with E-state index >= 15 is 0 Å². The molecule has 1 atom stereocenters. The van der Waals surface area contributed by atoms with Crippen LogP contribution in [0.3, 0.4) is 0 Å². The molecule has 0 saturated carbocycles. The van der Waals surface area contributed by atoms with Gasteiger partial charge in [0.05, 0.1) is 4.91 Å². The first-order valence-corrected chi connectivity index (χ1v) is 10.7. The summed E-state index contributed by atoms with van der Waals surface area (Å²) in [7, 11) is 0. The number of carboxylic acids is 1. The Morgan fingerprint density at radius 1 is 1.23 bits per heavy atom. The second-order valence-corrected chi connectivity index (χ2v) is 8.37. The van der Waals surface area contributed by atoms with Gasteiger partial charge in [-0.05, 0) is 61.0 Å². The number of carboxylic acid groups (broad SMARTS) is 1. The maximum atomic E-state index is 12.7. The number of hydrogen-bond donors (Lipinski definition) is 2. The molecule has 1 heterocycles. The molecule has 2 aromatic rings. The van der Waals surface area contributed by atoms with Gasteiger partial charge in [0, 0.05) is 5.56 Å². The standard InChI is InChI=1S/C22H20N2O5S2/c1-3-17(21(27)28)29-15-10-8-14(9-11-15)12-18-20(26)24(22(30)31-18)23-19(25)16-7-5-4-6-13(16)2/h4-12,17H,3H2,1-2H3,(H,23,25)(H,27,28)/b18-12+. The molecular weight excluding hydrogens is 436 g/mol. The van der Waals surface area contributed by atoms with Gasteiger partial charge in [0.15, 0.2) is 10.4 Å². The highest BCUT2D eigenvalue weighted by Gasteiger charge is 2.34. The SMILES string of the molecule is CCC(Oc1ccc(/C=C2/SC(=S)N(NC(=O)c3ccccc3C)C2=O)cc1)C(=O)O. The third-order valence-electron chi connectivity index (χ3n) is 4.50. The number of amides is 2. The molecule has 0 spiro atoms. The lowest BCUT2D eigenvalue weighted by atomic mass is 10.1. The summed E-state index contributed by atoms with van der Waals surface area (Å²) < 4.78 is 5.66. The van der Waals surface area contributed by atoms with Gasteiger partial charge in [0.25, 0.3) is 11.8 Å². The van der Waals surface area contributed by atoms with Gasteiger partial charge in [-0.1, -0.05) is 49.0 Å². The maximum Gasteiger partial charge on any atom is 0.344 e. The smallest absolute Gasteiger partial charge is 0.344 e. The quantitative estimate of drug-likeness (QED) is 0.483. The molecule has 1 aliphatic rings. The lowest BCUT2D eigenvalue weighted by molar-refractivity contribution is -0.145. The number of nitrogens with one attached hydrogen (secondary N) is 1. The summed E-state index contributed by atoms with van der Waals surface area (Å²) in [4.78, 5) is 36.7. The highest BCUT2D eigenvalue weighted by atomic mass is 32.2. The number of hydrazine groups is 1. The molecule has 1 unspecified atom stereocenters. The number of nitrogens with zero attached hydrogens (tertiary/aromatic N) is 1. The third kappa shape index (κ3) is 5.31. The van der Waals surface area contributed by atoms with E-state index in [1.165, 1.54) is 0 Å². The Balaban J connectivity index is 1.70. The van der Waals surface area contributed by atoms with Crippen LogP contribution >= 0.6 is 24.0 Å². The first-order chi connectivity index (χ1) is 14.8. The molecule has 0 bridgehead atoms. The molecule has 0 radical (unpaired) electrons. The highest BCUT2D eigenvalue weighted by molar-refractivity contribution is 8.26. The lowest BCUT2D eigenvalue weighted by Gasteiger charge is -2.16. The molecule has 2 N–H and O–H groups in total. The van der Waals surface area contributed by atoms with Gasteiger partial charge < -0.3 is 9.84 Å². The molecule has 2 aromatic carbocycles. The summed E-state index contributed by atoms with van der Waals surface area (Å²) in [6.07, 6.45) is 1.07. The maximum absolute atomic E-state index is 12.7. The van der Waals surface area contributed by atoms with Gasteiger partial charge in [-0.2, -0.15) is 5.01 Å². The Kier molecular flexibility index (Phi) is 7.09. The number of carbonyl (C=O) groups is 3. The predicted octanol–water partition coefficient (Wildman–Crippen LogP) is 3.78. The van der Waals surface area contributed by atoms with E-state index in [1.807, 2.05) is 19.1 Å². The van der Waals surface area contributed by atoms with E-state index in [0.717, 1.165) is 22.3 Å². The van der Waals surface area contributed by atoms with Crippen molar-refractivity contribution in [2.75, 3.05) is 0 Å². The number of rotatable bonds is 7. The van der Waals surface area contributed by atoms with Crippen molar-refractivity contribution in [2.24, 2.45) is 0 Å². The van der Waals surface area contributed by atoms with Crippen LogP contribution < -0.4 is 10.2 Å². The van der Waals surface area contributed by atoms with E-state index in [1.54, 1.807) is 49.4 Å². The molecule has 1 fully saturated rings. The molecule has 1 aliphatic heterocycles. The monoisotopic (exact) mass is 456 g/mol. The van der Waals surface area contributed by atoms with Crippen LogP contribution in [0.5, 0.6) is 5.75 Å². The van der Waals surface area contributed by atoms with E-state index in [-0.39, 0.29) is 4.32 Å². The van der Waals surface area contributed by atoms with Crippen LogP contribution in [-0.2, 0) is 9.59 Å². The molecule has 31 heavy (non-hydrogen) atoms. The Labute approximate surface area is 189 Å². The zero-order valence-corrected chi connectivity index (χ0v) is 18.5. The van der Waals surface area contributed by atoms with Crippen LogP contribution in [0.15, 0.2) is 53.4 Å². The third-order valence-corrected chi connectivity index (χ3v) is 5.80. The van der Waals surface area contributed by atoms with Crippen LogP contribution in [0.25, 0.3) is 6.08 Å². The summed E-state index contributed by atoms with van der Waals surface area (Å²) in [5.74, 6) is -1.44. The van der Waals surface area contributed by atoms with E-state index in [4.69, 9.17) is 22.1 Å². The number of carbonyl (C=O) groups excluding carboxylic acids is 2. The second-order valence-electron chi connectivity index (χ2n) is 6.69. The normalized spacial score (nSPS) is 15.8. The predicted molar refractivity (Wildman–Crippen MR) is 122 cm³/mol. The number of ether oxygens (including phenoxy) is 1. The van der Waals surface area contributed by atoms with Crippen molar-refractivity contribution in [2.45, 2.75) is 26.4 Å². The van der Waals surface area contributed by atoms with Crippen LogP contribution in [0.2, 0.25) is 0 Å². The average molecular weight is 457 g/mol. The van der Waals surface area contributed by atoms with Crippen LogP contribution in [0.1, 0.15) is 34.8 Å². The van der Waals surface area contributed by atoms with Crippen LogP contribution in [0, 0.1) is 6.92 Å². The van der Waals surface area contributed by atoms with Gasteiger partial charge >= 0.3 is 5.97 Å². The van der Waals surface area contributed by atoms with Crippen molar-refractivity contribution in [3.8, 4) is 5.75 Å². The average Bonchev–Trinajstić information content (AvgIpc) is 3.00. The zero-order chi connectivity index (χ0) is 22.5. The molecule has 1 saturated heterocycles. The first kappa shape index (κ1) is 22.5. The number of thioether (sulfide) groups is 1. The number of aryl methyl sites for hydroxylation is 1. The molecule has 0 aromatic heterocycles. The minimum Gasteiger partial charge on any atom is -0.479 e. The minimum absolute atomic E-state index is 0.227. The molecule has 3 rings (SSSR count). The number of thiocarbonyl (C=S) groups is 1. The van der Waals surface area contributed by atoms with E-state index in [0.29, 0.717) is 28.2 Å². The van der Waals surface area contributed by atoms with Gasteiger partial charge in [0.2, 0.25) is 0 Å². The summed E-state index contributed by atoms with van der Waals surface area (Å²) in [5.41, 5.74) is 4.52. The molecule has 160 valence electrons. The Hall–Kier alpha value is -3.17. The van der Waals surface area contributed by atoms with Crippen molar-refractivity contribution >= 4 is 52.2 Å². The lowest BCUT2D eigenvalue weighted by Crippen LogP contribution is -2.45.